The zero-order chi connectivity index (χ0) is 14.3. The number of aryl methyl sites for hydroxylation is 1. The third kappa shape index (κ3) is 1.92. The van der Waals surface area contributed by atoms with Crippen molar-refractivity contribution in [2.45, 2.75) is 6.92 Å². The fourth-order valence-electron chi connectivity index (χ4n) is 2.11. The van der Waals surface area contributed by atoms with Crippen LogP contribution in [0, 0.1) is 18.3 Å². The fraction of sp³-hybridized carbons (Fsp3) is 0.0714. The highest BCUT2D eigenvalue weighted by Gasteiger charge is 2.14. The molecule has 1 aromatic carbocycles. The Morgan fingerprint density at radius 3 is 2.90 bits per heavy atom. The molecule has 0 unspecified atom stereocenters. The molecule has 0 atom stereocenters. The van der Waals surface area contributed by atoms with Gasteiger partial charge in [-0.25, -0.2) is 9.97 Å². The smallest absolute Gasteiger partial charge is 0.207 e. The van der Waals surface area contributed by atoms with Crippen LogP contribution in [0.3, 0.4) is 0 Å². The summed E-state index contributed by atoms with van der Waals surface area (Å²) in [6.45, 7) is 1.95. The summed E-state index contributed by atoms with van der Waals surface area (Å²) in [5.74, 6) is 0.317. The van der Waals surface area contributed by atoms with E-state index in [1.165, 1.54) is 0 Å². The maximum absolute atomic E-state index is 9.28. The van der Waals surface area contributed by atoms with Crippen LogP contribution in [0.15, 0.2) is 34.9 Å². The van der Waals surface area contributed by atoms with Crippen molar-refractivity contribution in [2.75, 3.05) is 5.73 Å². The SMILES string of the molecule is Cc1cnc2c(c1)nc(N)n2-c1ccc(Br)cc1C#N. The number of hydrogen-bond acceptors (Lipinski definition) is 4. The molecule has 0 aliphatic rings. The first-order valence-corrected chi connectivity index (χ1v) is 6.70. The van der Waals surface area contributed by atoms with E-state index in [4.69, 9.17) is 5.73 Å². The first-order valence-electron chi connectivity index (χ1n) is 5.91. The van der Waals surface area contributed by atoms with Crippen LogP contribution in [0.5, 0.6) is 0 Å². The Kier molecular flexibility index (Phi) is 2.92. The molecule has 0 saturated heterocycles. The Morgan fingerprint density at radius 2 is 2.15 bits per heavy atom. The van der Waals surface area contributed by atoms with E-state index in [0.29, 0.717) is 28.4 Å². The van der Waals surface area contributed by atoms with Gasteiger partial charge in [0.05, 0.1) is 11.3 Å². The van der Waals surface area contributed by atoms with Gasteiger partial charge in [0.2, 0.25) is 5.95 Å². The second-order valence-corrected chi connectivity index (χ2v) is 5.35. The van der Waals surface area contributed by atoms with E-state index < -0.39 is 0 Å². The van der Waals surface area contributed by atoms with E-state index in [2.05, 4.69) is 32.0 Å². The maximum atomic E-state index is 9.28. The summed E-state index contributed by atoms with van der Waals surface area (Å²) in [6.07, 6.45) is 1.75. The van der Waals surface area contributed by atoms with Crippen molar-refractivity contribution in [1.29, 1.82) is 5.26 Å². The van der Waals surface area contributed by atoms with Gasteiger partial charge in [-0.2, -0.15) is 5.26 Å². The average molecular weight is 328 g/mol. The molecule has 5 nitrogen and oxygen atoms in total. The number of pyridine rings is 1. The second kappa shape index (κ2) is 4.62. The van der Waals surface area contributed by atoms with Crippen LogP contribution >= 0.6 is 15.9 Å². The molecule has 6 heteroatoms. The Morgan fingerprint density at radius 1 is 1.35 bits per heavy atom. The first-order chi connectivity index (χ1) is 9.60. The van der Waals surface area contributed by atoms with Gasteiger partial charge in [-0.3, -0.25) is 4.57 Å². The molecule has 0 spiro atoms. The highest BCUT2D eigenvalue weighted by molar-refractivity contribution is 9.10. The summed E-state index contributed by atoms with van der Waals surface area (Å²) < 4.78 is 2.53. The van der Waals surface area contributed by atoms with E-state index >= 15 is 0 Å². The van der Waals surface area contributed by atoms with Crippen LogP contribution in [0.4, 0.5) is 5.95 Å². The van der Waals surface area contributed by atoms with Crippen LogP contribution in [0.2, 0.25) is 0 Å². The second-order valence-electron chi connectivity index (χ2n) is 4.43. The Hall–Kier alpha value is -2.39. The summed E-state index contributed by atoms with van der Waals surface area (Å²) in [6, 6.07) is 9.51. The minimum Gasteiger partial charge on any atom is -0.369 e. The summed E-state index contributed by atoms with van der Waals surface area (Å²) in [5, 5.41) is 9.28. The lowest BCUT2D eigenvalue weighted by molar-refractivity contribution is 1.07. The number of anilines is 1. The molecular formula is C14H10BrN5. The fourth-order valence-corrected chi connectivity index (χ4v) is 2.47. The lowest BCUT2D eigenvalue weighted by Crippen LogP contribution is -2.03. The van der Waals surface area contributed by atoms with E-state index in [-0.39, 0.29) is 0 Å². The van der Waals surface area contributed by atoms with Crippen molar-refractivity contribution in [3.63, 3.8) is 0 Å². The van der Waals surface area contributed by atoms with Gasteiger partial charge in [0.25, 0.3) is 0 Å². The minimum atomic E-state index is 0.317. The lowest BCUT2D eigenvalue weighted by Gasteiger charge is -2.08. The number of rotatable bonds is 1. The van der Waals surface area contributed by atoms with Crippen molar-refractivity contribution in [1.82, 2.24) is 14.5 Å². The molecular weight excluding hydrogens is 318 g/mol. The standard InChI is InChI=1S/C14H10BrN5/c1-8-4-11-13(18-7-8)20(14(17)19-11)12-3-2-10(15)5-9(12)6-16/h2-5,7H,1H3,(H2,17,19). The highest BCUT2D eigenvalue weighted by Crippen LogP contribution is 2.26. The maximum Gasteiger partial charge on any atom is 0.207 e. The molecule has 98 valence electrons. The third-order valence-electron chi connectivity index (χ3n) is 2.98. The molecule has 0 fully saturated rings. The largest absolute Gasteiger partial charge is 0.369 e. The Bertz CT molecular complexity index is 860. The van der Waals surface area contributed by atoms with Gasteiger partial charge in [-0.05, 0) is 36.8 Å². The van der Waals surface area contributed by atoms with Gasteiger partial charge in [-0.1, -0.05) is 15.9 Å². The number of nitrogens with zero attached hydrogens (tertiary/aromatic N) is 4. The molecule has 0 saturated carbocycles. The monoisotopic (exact) mass is 327 g/mol. The molecule has 3 aromatic rings. The molecule has 20 heavy (non-hydrogen) atoms. The van der Waals surface area contributed by atoms with Crippen LogP contribution < -0.4 is 5.73 Å². The predicted molar refractivity (Wildman–Crippen MR) is 80.4 cm³/mol. The molecule has 2 N–H and O–H groups in total. The number of halogens is 1. The number of hydrogen-bond donors (Lipinski definition) is 1. The molecule has 3 rings (SSSR count). The summed E-state index contributed by atoms with van der Waals surface area (Å²) in [7, 11) is 0. The van der Waals surface area contributed by atoms with Crippen molar-refractivity contribution >= 4 is 33.0 Å². The molecule has 0 radical (unpaired) electrons. The number of nitriles is 1. The Balaban J connectivity index is 2.35. The number of imidazole rings is 1. The van der Waals surface area contributed by atoms with Gasteiger partial charge >= 0.3 is 0 Å². The zero-order valence-electron chi connectivity index (χ0n) is 10.6. The molecule has 0 aliphatic carbocycles. The molecule has 2 heterocycles. The van der Waals surface area contributed by atoms with Crippen LogP contribution in [-0.2, 0) is 0 Å². The van der Waals surface area contributed by atoms with Crippen LogP contribution in [0.25, 0.3) is 16.9 Å². The molecule has 0 amide bonds. The third-order valence-corrected chi connectivity index (χ3v) is 3.47. The van der Waals surface area contributed by atoms with Crippen molar-refractivity contribution in [3.05, 3.63) is 46.1 Å². The van der Waals surface area contributed by atoms with Crippen LogP contribution in [-0.4, -0.2) is 14.5 Å². The zero-order valence-corrected chi connectivity index (χ0v) is 12.2. The van der Waals surface area contributed by atoms with E-state index in [1.807, 2.05) is 25.1 Å². The number of fused-ring (bicyclic) bond motifs is 1. The lowest BCUT2D eigenvalue weighted by atomic mass is 10.2. The topological polar surface area (TPSA) is 80.5 Å². The summed E-state index contributed by atoms with van der Waals surface area (Å²) in [5.41, 5.74) is 9.54. The van der Waals surface area contributed by atoms with Gasteiger partial charge in [0.15, 0.2) is 5.65 Å². The average Bonchev–Trinajstić information content (AvgIpc) is 2.73. The van der Waals surface area contributed by atoms with Gasteiger partial charge < -0.3 is 5.73 Å². The van der Waals surface area contributed by atoms with Crippen LogP contribution in [0.1, 0.15) is 11.1 Å². The molecule has 0 aliphatic heterocycles. The summed E-state index contributed by atoms with van der Waals surface area (Å²) >= 11 is 3.36. The Labute approximate surface area is 123 Å². The van der Waals surface area contributed by atoms with Crippen molar-refractivity contribution in [2.24, 2.45) is 0 Å². The number of aromatic nitrogens is 3. The van der Waals surface area contributed by atoms with Gasteiger partial charge in [0.1, 0.15) is 11.6 Å². The molecule has 0 bridgehead atoms. The number of nitrogen functional groups attached to an aromatic ring is 1. The predicted octanol–water partition coefficient (Wildman–Crippen LogP) is 2.95. The van der Waals surface area contributed by atoms with E-state index in [0.717, 1.165) is 10.0 Å². The molecule has 2 aromatic heterocycles. The first kappa shape index (κ1) is 12.6. The van der Waals surface area contributed by atoms with Crippen molar-refractivity contribution in [3.8, 4) is 11.8 Å². The quantitative estimate of drug-likeness (QED) is 0.745. The normalized spacial score (nSPS) is 10.7. The number of benzene rings is 1. The van der Waals surface area contributed by atoms with Gasteiger partial charge in [0, 0.05) is 10.7 Å². The number of nitrogens with two attached hydrogens (primary N) is 1. The van der Waals surface area contributed by atoms with E-state index in [1.54, 1.807) is 16.8 Å². The highest BCUT2D eigenvalue weighted by atomic mass is 79.9. The van der Waals surface area contributed by atoms with E-state index in [9.17, 15) is 5.26 Å². The van der Waals surface area contributed by atoms with Crippen molar-refractivity contribution < 1.29 is 0 Å². The minimum absolute atomic E-state index is 0.317. The summed E-state index contributed by atoms with van der Waals surface area (Å²) in [4.78, 5) is 8.68. The van der Waals surface area contributed by atoms with Gasteiger partial charge in [-0.15, -0.1) is 0 Å².